The molecule has 19 heavy (non-hydrogen) atoms. The summed E-state index contributed by atoms with van der Waals surface area (Å²) in [6.45, 7) is 5.72. The van der Waals surface area contributed by atoms with Gasteiger partial charge in [0, 0.05) is 30.2 Å². The molecule has 0 saturated carbocycles. The van der Waals surface area contributed by atoms with E-state index in [2.05, 4.69) is 52.0 Å². The van der Waals surface area contributed by atoms with Crippen LogP contribution >= 0.6 is 15.9 Å². The van der Waals surface area contributed by atoms with Crippen LogP contribution in [0.4, 0.5) is 0 Å². The summed E-state index contributed by atoms with van der Waals surface area (Å²) in [5, 5.41) is 0. The molecule has 1 aliphatic heterocycles. The Labute approximate surface area is 124 Å². The number of halogens is 1. The van der Waals surface area contributed by atoms with E-state index in [1.807, 2.05) is 0 Å². The molecule has 0 bridgehead atoms. The second-order valence-corrected chi connectivity index (χ2v) is 5.94. The van der Waals surface area contributed by atoms with Crippen molar-refractivity contribution in [1.29, 1.82) is 0 Å². The van der Waals surface area contributed by atoms with Gasteiger partial charge in [-0.2, -0.15) is 0 Å². The van der Waals surface area contributed by atoms with E-state index < -0.39 is 0 Å². The van der Waals surface area contributed by atoms with Crippen molar-refractivity contribution in [2.45, 2.75) is 31.9 Å². The van der Waals surface area contributed by atoms with Crippen LogP contribution in [-0.2, 0) is 4.74 Å². The highest BCUT2D eigenvalue weighted by Crippen LogP contribution is 2.24. The van der Waals surface area contributed by atoms with Gasteiger partial charge in [0.1, 0.15) is 0 Å². The molecular formula is C15H23BrN2O. The third kappa shape index (κ3) is 4.02. The lowest BCUT2D eigenvalue weighted by Gasteiger charge is -2.32. The summed E-state index contributed by atoms with van der Waals surface area (Å²) >= 11 is 3.48. The number of hydrogen-bond donors (Lipinski definition) is 1. The van der Waals surface area contributed by atoms with Crippen LogP contribution in [0.5, 0.6) is 0 Å². The van der Waals surface area contributed by atoms with Crippen molar-refractivity contribution < 1.29 is 4.74 Å². The quantitative estimate of drug-likeness (QED) is 0.873. The lowest BCUT2D eigenvalue weighted by molar-refractivity contribution is 0.0601. The molecule has 4 heteroatoms. The third-order valence-corrected chi connectivity index (χ3v) is 4.32. The van der Waals surface area contributed by atoms with E-state index in [-0.39, 0.29) is 6.04 Å². The fraction of sp³-hybridized carbons (Fsp3) is 0.600. The Balaban J connectivity index is 2.06. The molecule has 0 spiro atoms. The van der Waals surface area contributed by atoms with E-state index >= 15 is 0 Å². The van der Waals surface area contributed by atoms with Crippen LogP contribution in [0.15, 0.2) is 28.7 Å². The molecule has 0 amide bonds. The number of nitrogens with two attached hydrogens (primary N) is 1. The van der Waals surface area contributed by atoms with Gasteiger partial charge >= 0.3 is 0 Å². The highest BCUT2D eigenvalue weighted by molar-refractivity contribution is 9.10. The molecule has 0 radical (unpaired) electrons. The van der Waals surface area contributed by atoms with Crippen molar-refractivity contribution in [3.8, 4) is 0 Å². The standard InChI is InChI=1S/C15H23BrN2O/c1-2-18(11-14-4-3-9-19-14)15(10-17)12-5-7-13(16)8-6-12/h5-8,14-15H,2-4,9-11,17H2,1H3. The highest BCUT2D eigenvalue weighted by Gasteiger charge is 2.23. The molecule has 1 aromatic rings. The highest BCUT2D eigenvalue weighted by atomic mass is 79.9. The minimum Gasteiger partial charge on any atom is -0.377 e. The van der Waals surface area contributed by atoms with Crippen LogP contribution in [0, 0.1) is 0 Å². The van der Waals surface area contributed by atoms with Crippen molar-refractivity contribution in [3.05, 3.63) is 34.3 Å². The summed E-state index contributed by atoms with van der Waals surface area (Å²) in [5.41, 5.74) is 7.28. The minimum absolute atomic E-state index is 0.280. The van der Waals surface area contributed by atoms with Gasteiger partial charge in [-0.3, -0.25) is 4.90 Å². The molecule has 1 aromatic carbocycles. The predicted octanol–water partition coefficient (Wildman–Crippen LogP) is 2.95. The zero-order chi connectivity index (χ0) is 13.7. The second-order valence-electron chi connectivity index (χ2n) is 5.03. The van der Waals surface area contributed by atoms with Gasteiger partial charge in [-0.1, -0.05) is 35.0 Å². The SMILES string of the molecule is CCN(CC1CCCO1)C(CN)c1ccc(Br)cc1. The normalized spacial score (nSPS) is 20.9. The maximum Gasteiger partial charge on any atom is 0.0703 e. The summed E-state index contributed by atoms with van der Waals surface area (Å²) in [6, 6.07) is 8.75. The average molecular weight is 327 g/mol. The number of hydrogen-bond acceptors (Lipinski definition) is 3. The largest absolute Gasteiger partial charge is 0.377 e. The summed E-state index contributed by atoms with van der Waals surface area (Å²) in [4.78, 5) is 2.43. The lowest BCUT2D eigenvalue weighted by Crippen LogP contribution is -2.38. The number of rotatable bonds is 6. The van der Waals surface area contributed by atoms with Gasteiger partial charge in [0.2, 0.25) is 0 Å². The Morgan fingerprint density at radius 1 is 1.42 bits per heavy atom. The molecular weight excluding hydrogens is 304 g/mol. The first kappa shape index (κ1) is 15.0. The maximum absolute atomic E-state index is 6.00. The maximum atomic E-state index is 6.00. The average Bonchev–Trinajstić information content (AvgIpc) is 2.93. The monoisotopic (exact) mass is 326 g/mol. The first-order chi connectivity index (χ1) is 9.24. The molecule has 106 valence electrons. The molecule has 2 N–H and O–H groups in total. The summed E-state index contributed by atoms with van der Waals surface area (Å²) < 4.78 is 6.85. The van der Waals surface area contributed by atoms with Gasteiger partial charge < -0.3 is 10.5 Å². The second kappa shape index (κ2) is 7.39. The Morgan fingerprint density at radius 3 is 2.68 bits per heavy atom. The molecule has 0 aliphatic carbocycles. The van der Waals surface area contributed by atoms with Crippen molar-refractivity contribution in [2.75, 3.05) is 26.2 Å². The Kier molecular flexibility index (Phi) is 5.82. The zero-order valence-corrected chi connectivity index (χ0v) is 13.1. The van der Waals surface area contributed by atoms with Crippen molar-refractivity contribution >= 4 is 15.9 Å². The summed E-state index contributed by atoms with van der Waals surface area (Å²) in [7, 11) is 0. The topological polar surface area (TPSA) is 38.5 Å². The van der Waals surface area contributed by atoms with E-state index in [9.17, 15) is 0 Å². The third-order valence-electron chi connectivity index (χ3n) is 3.79. The molecule has 3 nitrogen and oxygen atoms in total. The van der Waals surface area contributed by atoms with E-state index in [1.165, 1.54) is 18.4 Å². The van der Waals surface area contributed by atoms with Crippen LogP contribution in [0.2, 0.25) is 0 Å². The van der Waals surface area contributed by atoms with Gasteiger partial charge in [0.05, 0.1) is 6.10 Å². The molecule has 1 aliphatic rings. The number of likely N-dealkylation sites (N-methyl/N-ethyl adjacent to an activating group) is 1. The Hall–Kier alpha value is -0.420. The smallest absolute Gasteiger partial charge is 0.0703 e. The molecule has 1 heterocycles. The number of ether oxygens (including phenoxy) is 1. The Morgan fingerprint density at radius 2 is 2.16 bits per heavy atom. The van der Waals surface area contributed by atoms with Gasteiger partial charge in [-0.25, -0.2) is 0 Å². The van der Waals surface area contributed by atoms with Gasteiger partial charge in [-0.05, 0) is 37.1 Å². The van der Waals surface area contributed by atoms with E-state index in [0.717, 1.165) is 24.2 Å². The minimum atomic E-state index is 0.280. The zero-order valence-electron chi connectivity index (χ0n) is 11.5. The molecule has 1 saturated heterocycles. The van der Waals surface area contributed by atoms with Crippen LogP contribution < -0.4 is 5.73 Å². The van der Waals surface area contributed by atoms with Gasteiger partial charge in [-0.15, -0.1) is 0 Å². The van der Waals surface area contributed by atoms with E-state index in [4.69, 9.17) is 10.5 Å². The first-order valence-electron chi connectivity index (χ1n) is 7.05. The van der Waals surface area contributed by atoms with Gasteiger partial charge in [0.15, 0.2) is 0 Å². The molecule has 2 rings (SSSR count). The van der Waals surface area contributed by atoms with E-state index in [0.29, 0.717) is 12.6 Å². The fourth-order valence-electron chi connectivity index (χ4n) is 2.71. The molecule has 2 unspecified atom stereocenters. The van der Waals surface area contributed by atoms with Crippen LogP contribution in [0.25, 0.3) is 0 Å². The van der Waals surface area contributed by atoms with Gasteiger partial charge in [0.25, 0.3) is 0 Å². The van der Waals surface area contributed by atoms with Crippen LogP contribution in [0.3, 0.4) is 0 Å². The lowest BCUT2D eigenvalue weighted by atomic mass is 10.0. The predicted molar refractivity (Wildman–Crippen MR) is 82.2 cm³/mol. The summed E-state index contributed by atoms with van der Waals surface area (Å²) in [6.07, 6.45) is 2.74. The van der Waals surface area contributed by atoms with Crippen LogP contribution in [0.1, 0.15) is 31.4 Å². The fourth-order valence-corrected chi connectivity index (χ4v) is 2.97. The molecule has 0 aromatic heterocycles. The molecule has 2 atom stereocenters. The van der Waals surface area contributed by atoms with Crippen molar-refractivity contribution in [1.82, 2.24) is 4.90 Å². The number of nitrogens with zero attached hydrogens (tertiary/aromatic N) is 1. The van der Waals surface area contributed by atoms with E-state index in [1.54, 1.807) is 0 Å². The Bertz CT molecular complexity index is 376. The molecule has 1 fully saturated rings. The van der Waals surface area contributed by atoms with Crippen LogP contribution in [-0.4, -0.2) is 37.2 Å². The van der Waals surface area contributed by atoms with Crippen molar-refractivity contribution in [2.24, 2.45) is 5.73 Å². The number of benzene rings is 1. The van der Waals surface area contributed by atoms with Crippen molar-refractivity contribution in [3.63, 3.8) is 0 Å². The summed E-state index contributed by atoms with van der Waals surface area (Å²) in [5.74, 6) is 0. The first-order valence-corrected chi connectivity index (χ1v) is 7.85.